The van der Waals surface area contributed by atoms with Crippen LogP contribution in [0.2, 0.25) is 0 Å². The van der Waals surface area contributed by atoms with Gasteiger partial charge in [0, 0.05) is 92.6 Å². The maximum Gasteiger partial charge on any atom is 0.413 e. The molecule has 4 aromatic heterocycles. The topological polar surface area (TPSA) is 310 Å². The van der Waals surface area contributed by atoms with Crippen LogP contribution >= 0.6 is 0 Å². The van der Waals surface area contributed by atoms with Crippen LogP contribution in [0.15, 0.2) is 78.9 Å². The summed E-state index contributed by atoms with van der Waals surface area (Å²) in [4.78, 5) is 122. The number of anilines is 2. The second kappa shape index (κ2) is 24.7. The molecule has 11 rings (SSSR count). The Morgan fingerprint density at radius 1 is 0.818 bits per heavy atom. The monoisotopic (exact) mass is 1190 g/mol. The fourth-order valence-electron chi connectivity index (χ4n) is 13.2. The summed E-state index contributed by atoms with van der Waals surface area (Å²) < 4.78 is 10.7. The Kier molecular flexibility index (Phi) is 16.9. The molecule has 7 aromatic rings. The van der Waals surface area contributed by atoms with Crippen LogP contribution in [0.5, 0.6) is 5.75 Å². The third-order valence-corrected chi connectivity index (χ3v) is 18.3. The third-order valence-electron chi connectivity index (χ3n) is 18.3. The summed E-state index contributed by atoms with van der Waals surface area (Å²) in [5.74, 6) is -4.16. The minimum atomic E-state index is -1.34. The standard InChI is InChI=1S/C67H73N11O10/c1-9-42-32(2)47-31-54-56(36(6)79)34(4)49(71-54)29-48-33(3)43(60(72-48)58-59(66(85)87-8)62(81)57-35(5)50(73-61(57)58)30-51(42)70-47)18-21-55(80)69-24-10-11-46(65(83)84)77-67(86)88-41-16-12-38(13-17-41)63-74-45-20-15-40(28-53(45)75-63)64(82)76-52-27-39(14-19-44(52)68)37-22-25-78(7)26-23-37/h12-17,19-20,27-33,37,42-43,46,59,71,73H,9-11,18,21-26,68H2,1-8H3,(H,69,80)(H,74,75)(H,76,82)(H,77,86)(H,83,84)/t32-,33+,42-,43+,46?,59?/m1/s1. The number of aryl methyl sites for hydroxylation is 2. The zero-order valence-corrected chi connectivity index (χ0v) is 50.6. The number of carbonyl (C=O) groups excluding carboxylic acids is 6. The number of imidazole rings is 1. The molecule has 21 heteroatoms. The first kappa shape index (κ1) is 60.2. The molecule has 9 N–H and O–H groups in total. The van der Waals surface area contributed by atoms with E-state index in [2.05, 4.69) is 56.7 Å². The average Bonchev–Trinajstić information content (AvgIpc) is 1.92. The van der Waals surface area contributed by atoms with Gasteiger partial charge in [-0.2, -0.15) is 0 Å². The van der Waals surface area contributed by atoms with Crippen molar-refractivity contribution in [1.82, 2.24) is 45.4 Å². The number of piperidine rings is 1. The molecule has 0 spiro atoms. The van der Waals surface area contributed by atoms with Crippen LogP contribution in [0.25, 0.3) is 44.5 Å². The van der Waals surface area contributed by atoms with Gasteiger partial charge in [-0.3, -0.25) is 33.9 Å². The summed E-state index contributed by atoms with van der Waals surface area (Å²) in [6.07, 6.45) is 2.31. The number of rotatable bonds is 17. The summed E-state index contributed by atoms with van der Waals surface area (Å²) in [6, 6.07) is 22.0. The lowest BCUT2D eigenvalue weighted by Crippen LogP contribution is -2.42. The predicted octanol–water partition coefficient (Wildman–Crippen LogP) is 10.9. The molecule has 1 aliphatic carbocycles. The van der Waals surface area contributed by atoms with Gasteiger partial charge in [-0.15, -0.1) is 0 Å². The van der Waals surface area contributed by atoms with Crippen LogP contribution in [0.3, 0.4) is 0 Å². The number of amides is 3. The van der Waals surface area contributed by atoms with E-state index in [9.17, 15) is 38.7 Å². The minimum Gasteiger partial charge on any atom is -0.480 e. The number of hydrogen-bond acceptors (Lipinski definition) is 14. The molecule has 88 heavy (non-hydrogen) atoms. The maximum atomic E-state index is 14.5. The van der Waals surface area contributed by atoms with Gasteiger partial charge in [0.15, 0.2) is 11.6 Å². The second-order valence-corrected chi connectivity index (χ2v) is 23.8. The molecule has 1 saturated heterocycles. The van der Waals surface area contributed by atoms with Crippen molar-refractivity contribution in [1.29, 1.82) is 0 Å². The van der Waals surface area contributed by atoms with Crippen LogP contribution in [-0.4, -0.2) is 121 Å². The summed E-state index contributed by atoms with van der Waals surface area (Å²) in [6.45, 7) is 13.6. The average molecular weight is 1190 g/mol. The van der Waals surface area contributed by atoms with Gasteiger partial charge in [-0.1, -0.05) is 26.8 Å². The quantitative estimate of drug-likeness (QED) is 0.0138. The summed E-state index contributed by atoms with van der Waals surface area (Å²) >= 11 is 0. The predicted molar refractivity (Wildman–Crippen MR) is 334 cm³/mol. The van der Waals surface area contributed by atoms with Crippen LogP contribution in [-0.2, 0) is 19.1 Å². The number of nitrogens with one attached hydrogen (secondary N) is 6. The number of aromatic nitrogens is 6. The molecular weight excluding hydrogens is 1120 g/mol. The first-order chi connectivity index (χ1) is 42.2. The van der Waals surface area contributed by atoms with Gasteiger partial charge < -0.3 is 56.1 Å². The number of carboxylic acids is 1. The number of esters is 1. The van der Waals surface area contributed by atoms with E-state index < -0.39 is 41.7 Å². The molecule has 3 aromatic carbocycles. The highest BCUT2D eigenvalue weighted by molar-refractivity contribution is 6.23. The van der Waals surface area contributed by atoms with E-state index in [1.165, 1.54) is 14.0 Å². The molecule has 0 radical (unpaired) electrons. The van der Waals surface area contributed by atoms with E-state index in [1.807, 2.05) is 57.2 Å². The number of methoxy groups -OCH3 is 1. The van der Waals surface area contributed by atoms with Gasteiger partial charge in [-0.25, -0.2) is 14.6 Å². The van der Waals surface area contributed by atoms with Gasteiger partial charge in [0.2, 0.25) is 5.91 Å². The third kappa shape index (κ3) is 11.8. The number of aromatic amines is 3. The van der Waals surface area contributed by atoms with E-state index in [-0.39, 0.29) is 73.3 Å². The van der Waals surface area contributed by atoms with E-state index >= 15 is 0 Å². The molecule has 456 valence electrons. The Balaban J connectivity index is 0.734. The molecule has 3 amide bonds. The lowest BCUT2D eigenvalue weighted by molar-refractivity contribution is -0.141. The maximum absolute atomic E-state index is 14.5. The largest absolute Gasteiger partial charge is 0.480 e. The van der Waals surface area contributed by atoms with Gasteiger partial charge >= 0.3 is 18.0 Å². The Hall–Kier alpha value is -9.50. The molecular formula is C67H73N11O10. The van der Waals surface area contributed by atoms with Crippen molar-refractivity contribution < 1.29 is 48.1 Å². The number of carbonyl (C=O) groups is 7. The van der Waals surface area contributed by atoms with Crippen LogP contribution in [0.1, 0.15) is 184 Å². The zero-order chi connectivity index (χ0) is 62.4. The van der Waals surface area contributed by atoms with Gasteiger partial charge in [0.1, 0.15) is 23.5 Å². The van der Waals surface area contributed by atoms with Gasteiger partial charge in [-0.05, 0) is 175 Å². The Bertz CT molecular complexity index is 4150. The number of fused-ring (bicyclic) bond motifs is 9. The van der Waals surface area contributed by atoms with E-state index in [0.29, 0.717) is 101 Å². The summed E-state index contributed by atoms with van der Waals surface area (Å²) in [7, 11) is 3.36. The van der Waals surface area contributed by atoms with Gasteiger partial charge in [0.05, 0.1) is 46.2 Å². The number of hydrogen-bond donors (Lipinski definition) is 8. The fourth-order valence-corrected chi connectivity index (χ4v) is 13.2. The van der Waals surface area contributed by atoms with Crippen molar-refractivity contribution in [2.75, 3.05) is 44.8 Å². The first-order valence-corrected chi connectivity index (χ1v) is 30.1. The van der Waals surface area contributed by atoms with Crippen LogP contribution in [0.4, 0.5) is 16.2 Å². The number of benzene rings is 3. The zero-order valence-electron chi connectivity index (χ0n) is 50.6. The SMILES string of the molecule is CC[C@H]1c2cc3[nH]c4c(c3C)C(=O)C(C(=O)OC)c4c3nc(cc4[nH]c(cc(n2)[C@@H]1C)c(C(C)=O)c4C)[C@@H](C)[C@@H]3CCC(=O)NCCCC(NC(=O)Oc1ccc(-c2nc3cc(C(=O)Nc4cc(C5CCN(C)CC5)ccc4N)ccc3[nH]2)cc1)C(=O)O. The van der Waals surface area contributed by atoms with Crippen molar-refractivity contribution in [3.05, 3.63) is 141 Å². The molecule has 0 saturated carbocycles. The van der Waals surface area contributed by atoms with E-state index in [0.717, 1.165) is 54.9 Å². The molecule has 21 nitrogen and oxygen atoms in total. The normalized spacial score (nSPS) is 18.7. The van der Waals surface area contributed by atoms with Crippen LogP contribution in [0, 0.1) is 13.8 Å². The molecule has 6 atom stereocenters. The number of carboxylic acid groups (broad SMARTS) is 1. The Morgan fingerprint density at radius 3 is 2.24 bits per heavy atom. The minimum absolute atomic E-state index is 0.0119. The number of ether oxygens (including phenoxy) is 2. The summed E-state index contributed by atoms with van der Waals surface area (Å²) in [5, 5.41) is 18.4. The van der Waals surface area contributed by atoms with E-state index in [1.54, 1.807) is 42.5 Å². The Labute approximate surface area is 508 Å². The highest BCUT2D eigenvalue weighted by Crippen LogP contribution is 2.49. The lowest BCUT2D eigenvalue weighted by atomic mass is 9.84. The van der Waals surface area contributed by atoms with Crippen molar-refractivity contribution >= 4 is 85.9 Å². The Morgan fingerprint density at radius 2 is 1.52 bits per heavy atom. The molecule has 8 bridgehead atoms. The molecule has 1 fully saturated rings. The van der Waals surface area contributed by atoms with Crippen molar-refractivity contribution in [2.24, 2.45) is 0 Å². The number of nitrogen functional groups attached to an aromatic ring is 1. The highest BCUT2D eigenvalue weighted by Gasteiger charge is 2.45. The number of nitrogens with zero attached hydrogens (tertiary/aromatic N) is 4. The van der Waals surface area contributed by atoms with Crippen molar-refractivity contribution in [3.8, 4) is 17.1 Å². The first-order valence-electron chi connectivity index (χ1n) is 30.1. The second-order valence-electron chi connectivity index (χ2n) is 23.8. The van der Waals surface area contributed by atoms with Crippen LogP contribution < -0.4 is 26.4 Å². The number of nitrogens with two attached hydrogens (primary N) is 1. The van der Waals surface area contributed by atoms with Crippen molar-refractivity contribution in [3.63, 3.8) is 0 Å². The number of likely N-dealkylation sites (tertiary alicyclic amines) is 1. The lowest BCUT2D eigenvalue weighted by Gasteiger charge is -2.29. The number of ketones is 2. The smallest absolute Gasteiger partial charge is 0.413 e. The fraction of sp³-hybridized carbons (Fsp3) is 0.373. The highest BCUT2D eigenvalue weighted by atomic mass is 16.6. The number of aliphatic carboxylic acids is 1. The number of H-pyrrole nitrogens is 3. The van der Waals surface area contributed by atoms with Crippen molar-refractivity contribution in [2.45, 2.75) is 128 Å². The number of Topliss-reactive ketones (excluding diaryl/α,β-unsaturated/α-hetero) is 2. The van der Waals surface area contributed by atoms with Gasteiger partial charge in [0.25, 0.3) is 5.91 Å². The molecule has 7 heterocycles. The van der Waals surface area contributed by atoms with E-state index in [4.69, 9.17) is 30.2 Å². The molecule has 3 aliphatic heterocycles. The molecule has 2 unspecified atom stereocenters. The summed E-state index contributed by atoms with van der Waals surface area (Å²) in [5.41, 5.74) is 18.7. The molecule has 4 aliphatic rings.